The van der Waals surface area contributed by atoms with E-state index < -0.39 is 0 Å². The number of nitrogens with zero attached hydrogens (tertiary/aromatic N) is 1. The molecule has 0 saturated heterocycles. The second-order valence-corrected chi connectivity index (χ2v) is 8.14. The largest absolute Gasteiger partial charge is 0.352 e. The van der Waals surface area contributed by atoms with Gasteiger partial charge in [0.05, 0.1) is 11.0 Å². The summed E-state index contributed by atoms with van der Waals surface area (Å²) in [6.07, 6.45) is 3.43. The molecule has 2 amide bonds. The highest BCUT2D eigenvalue weighted by atomic mass is 16.2. The summed E-state index contributed by atoms with van der Waals surface area (Å²) in [5.74, 6) is 0.738. The van der Waals surface area contributed by atoms with Crippen LogP contribution < -0.4 is 10.6 Å². The Morgan fingerprint density at radius 2 is 1.64 bits per heavy atom. The van der Waals surface area contributed by atoms with Gasteiger partial charge in [0.25, 0.3) is 5.91 Å². The highest BCUT2D eigenvalue weighted by Gasteiger charge is 2.09. The molecule has 3 aromatic carbocycles. The molecule has 0 atom stereocenters. The van der Waals surface area contributed by atoms with Gasteiger partial charge in [0.2, 0.25) is 5.91 Å². The maximum Gasteiger partial charge on any atom is 0.251 e. The summed E-state index contributed by atoms with van der Waals surface area (Å²) < 4.78 is 0. The molecule has 0 saturated carbocycles. The van der Waals surface area contributed by atoms with Crippen LogP contribution in [0.4, 0.5) is 5.69 Å². The molecule has 0 radical (unpaired) electrons. The normalized spacial score (nSPS) is 10.8. The van der Waals surface area contributed by atoms with Gasteiger partial charge in [-0.2, -0.15) is 0 Å². The molecule has 0 fully saturated rings. The quantitative estimate of drug-likeness (QED) is 0.331. The number of anilines is 1. The van der Waals surface area contributed by atoms with Gasteiger partial charge in [0.1, 0.15) is 5.82 Å². The van der Waals surface area contributed by atoms with Crippen LogP contribution in [0.5, 0.6) is 0 Å². The number of aromatic amines is 1. The number of imidazole rings is 1. The lowest BCUT2D eigenvalue weighted by Gasteiger charge is -2.05. The van der Waals surface area contributed by atoms with Crippen molar-refractivity contribution < 1.29 is 9.59 Å². The van der Waals surface area contributed by atoms with Crippen LogP contribution in [0.15, 0.2) is 72.8 Å². The third-order valence-electron chi connectivity index (χ3n) is 5.49. The fourth-order valence-corrected chi connectivity index (χ4v) is 3.78. The molecule has 4 rings (SSSR count). The van der Waals surface area contributed by atoms with E-state index >= 15 is 0 Å². The lowest BCUT2D eigenvalue weighted by atomic mass is 10.1. The van der Waals surface area contributed by atoms with Crippen LogP contribution in [0.3, 0.4) is 0 Å². The van der Waals surface area contributed by atoms with Gasteiger partial charge in [0, 0.05) is 31.1 Å². The lowest BCUT2D eigenvalue weighted by Crippen LogP contribution is -2.24. The average molecular weight is 441 g/mol. The van der Waals surface area contributed by atoms with Gasteiger partial charge in [-0.25, -0.2) is 4.98 Å². The van der Waals surface area contributed by atoms with Crippen LogP contribution in [-0.4, -0.2) is 28.3 Å². The molecule has 3 N–H and O–H groups in total. The number of fused-ring (bicyclic) bond motifs is 1. The van der Waals surface area contributed by atoms with E-state index in [9.17, 15) is 9.59 Å². The minimum atomic E-state index is -0.0785. The summed E-state index contributed by atoms with van der Waals surface area (Å²) in [5.41, 5.74) is 5.59. The molecule has 168 valence electrons. The molecule has 1 heterocycles. The lowest BCUT2D eigenvalue weighted by molar-refractivity contribution is -0.114. The Balaban J connectivity index is 1.30. The summed E-state index contributed by atoms with van der Waals surface area (Å²) >= 11 is 0. The second-order valence-electron chi connectivity index (χ2n) is 8.14. The fourth-order valence-electron chi connectivity index (χ4n) is 3.78. The Hall–Kier alpha value is -3.93. The number of rotatable bonds is 9. The van der Waals surface area contributed by atoms with E-state index in [1.807, 2.05) is 60.7 Å². The van der Waals surface area contributed by atoms with Gasteiger partial charge in [-0.3, -0.25) is 9.59 Å². The van der Waals surface area contributed by atoms with E-state index in [0.29, 0.717) is 12.1 Å². The van der Waals surface area contributed by atoms with E-state index in [2.05, 4.69) is 32.7 Å². The van der Waals surface area contributed by atoms with Crippen molar-refractivity contribution in [2.24, 2.45) is 0 Å². The average Bonchev–Trinajstić information content (AvgIpc) is 3.24. The minimum absolute atomic E-state index is 0.0691. The zero-order valence-electron chi connectivity index (χ0n) is 18.7. The number of carbonyl (C=O) groups is 2. The van der Waals surface area contributed by atoms with Crippen LogP contribution in [0, 0.1) is 0 Å². The molecule has 6 heteroatoms. The van der Waals surface area contributed by atoms with Crippen LogP contribution in [0.1, 0.15) is 40.7 Å². The number of amides is 2. The first-order valence-electron chi connectivity index (χ1n) is 11.2. The molecule has 0 aliphatic rings. The molecule has 0 aliphatic heterocycles. The number of hydrogen-bond acceptors (Lipinski definition) is 3. The molecular formula is C27H28N4O2. The van der Waals surface area contributed by atoms with Gasteiger partial charge < -0.3 is 15.6 Å². The number of H-pyrrole nitrogens is 1. The molecule has 1 aromatic heterocycles. The van der Waals surface area contributed by atoms with Crippen LogP contribution in [0.2, 0.25) is 0 Å². The Morgan fingerprint density at radius 3 is 2.39 bits per heavy atom. The summed E-state index contributed by atoms with van der Waals surface area (Å²) in [4.78, 5) is 31.7. The van der Waals surface area contributed by atoms with Crippen molar-refractivity contribution >= 4 is 28.5 Å². The molecule has 33 heavy (non-hydrogen) atoms. The molecular weight excluding hydrogens is 412 g/mol. The summed E-state index contributed by atoms with van der Waals surface area (Å²) in [6, 6.07) is 23.7. The predicted molar refractivity (Wildman–Crippen MR) is 131 cm³/mol. The van der Waals surface area contributed by atoms with Gasteiger partial charge in [-0.05, 0) is 60.7 Å². The zero-order valence-corrected chi connectivity index (χ0v) is 18.7. The molecule has 6 nitrogen and oxygen atoms in total. The Labute approximate surface area is 193 Å². The summed E-state index contributed by atoms with van der Waals surface area (Å²) in [6.45, 7) is 2.14. The maximum atomic E-state index is 12.5. The van der Waals surface area contributed by atoms with E-state index in [0.717, 1.165) is 48.2 Å². The van der Waals surface area contributed by atoms with E-state index in [4.69, 9.17) is 0 Å². The fraction of sp³-hybridized carbons (Fsp3) is 0.222. The van der Waals surface area contributed by atoms with Crippen LogP contribution in [-0.2, 0) is 24.1 Å². The van der Waals surface area contributed by atoms with Crippen LogP contribution >= 0.6 is 0 Å². The van der Waals surface area contributed by atoms with Crippen molar-refractivity contribution in [2.45, 2.75) is 32.6 Å². The number of aryl methyl sites for hydroxylation is 3. The van der Waals surface area contributed by atoms with Crippen molar-refractivity contribution in [3.8, 4) is 0 Å². The van der Waals surface area contributed by atoms with Gasteiger partial charge in [-0.1, -0.05) is 42.5 Å². The second kappa shape index (κ2) is 10.6. The number of benzene rings is 3. The number of hydrogen-bond donors (Lipinski definition) is 3. The SMILES string of the molecule is CC(=O)Nc1ccc(CCc2nc3ccc(C(=O)NCCCc4ccccc4)cc3[nH]2)cc1. The maximum absolute atomic E-state index is 12.5. The van der Waals surface area contributed by atoms with E-state index in [1.165, 1.54) is 18.1 Å². The molecule has 0 spiro atoms. The third-order valence-corrected chi connectivity index (χ3v) is 5.49. The minimum Gasteiger partial charge on any atom is -0.352 e. The Kier molecular flexibility index (Phi) is 7.15. The van der Waals surface area contributed by atoms with Crippen molar-refractivity contribution in [3.05, 3.63) is 95.3 Å². The first-order chi connectivity index (χ1) is 16.1. The van der Waals surface area contributed by atoms with Crippen LogP contribution in [0.25, 0.3) is 11.0 Å². The monoisotopic (exact) mass is 440 g/mol. The van der Waals surface area contributed by atoms with Gasteiger partial charge in [0.15, 0.2) is 0 Å². The zero-order chi connectivity index (χ0) is 23.0. The predicted octanol–water partition coefficient (Wildman–Crippen LogP) is 4.67. The Morgan fingerprint density at radius 1 is 0.879 bits per heavy atom. The topological polar surface area (TPSA) is 86.9 Å². The Bertz CT molecular complexity index is 1230. The number of aromatic nitrogens is 2. The summed E-state index contributed by atoms with van der Waals surface area (Å²) in [5, 5.41) is 5.78. The smallest absolute Gasteiger partial charge is 0.251 e. The van der Waals surface area contributed by atoms with Crippen molar-refractivity contribution in [3.63, 3.8) is 0 Å². The standard InChI is InChI=1S/C27H28N4O2/c1-19(32)29-23-13-9-21(10-14-23)11-16-26-30-24-15-12-22(18-25(24)31-26)27(33)28-17-5-8-20-6-3-2-4-7-20/h2-4,6-7,9-10,12-15,18H,5,8,11,16-17H2,1H3,(H,28,33)(H,29,32)(H,30,31). The number of carbonyl (C=O) groups excluding carboxylic acids is 2. The van der Waals surface area contributed by atoms with Gasteiger partial charge in [-0.15, -0.1) is 0 Å². The van der Waals surface area contributed by atoms with E-state index in [-0.39, 0.29) is 11.8 Å². The molecule has 0 bridgehead atoms. The molecule has 4 aromatic rings. The van der Waals surface area contributed by atoms with Crippen molar-refractivity contribution in [1.82, 2.24) is 15.3 Å². The molecule has 0 aliphatic carbocycles. The first kappa shape index (κ1) is 22.3. The highest BCUT2D eigenvalue weighted by molar-refractivity contribution is 5.97. The first-order valence-corrected chi connectivity index (χ1v) is 11.2. The molecule has 0 unspecified atom stereocenters. The van der Waals surface area contributed by atoms with E-state index in [1.54, 1.807) is 0 Å². The van der Waals surface area contributed by atoms with Gasteiger partial charge >= 0.3 is 0 Å². The highest BCUT2D eigenvalue weighted by Crippen LogP contribution is 2.16. The number of nitrogens with one attached hydrogen (secondary N) is 3. The van der Waals surface area contributed by atoms with Crippen molar-refractivity contribution in [1.29, 1.82) is 0 Å². The van der Waals surface area contributed by atoms with Crippen molar-refractivity contribution in [2.75, 3.05) is 11.9 Å². The third kappa shape index (κ3) is 6.29. The summed E-state index contributed by atoms with van der Waals surface area (Å²) in [7, 11) is 0.